The highest BCUT2D eigenvalue weighted by molar-refractivity contribution is 5.85. The highest BCUT2D eigenvalue weighted by Crippen LogP contribution is 2.22. The van der Waals surface area contributed by atoms with Gasteiger partial charge in [0, 0.05) is 13.2 Å². The molecule has 0 radical (unpaired) electrons. The molecule has 2 unspecified atom stereocenters. The van der Waals surface area contributed by atoms with Gasteiger partial charge in [-0.2, -0.15) is 0 Å². The lowest BCUT2D eigenvalue weighted by Crippen LogP contribution is -2.48. The Morgan fingerprint density at radius 3 is 2.56 bits per heavy atom. The van der Waals surface area contributed by atoms with Crippen LogP contribution in [0.4, 0.5) is 0 Å². The molecule has 0 aromatic heterocycles. The Bertz CT molecular complexity index is 312. The lowest BCUT2D eigenvalue weighted by Gasteiger charge is -2.32. The maximum Gasteiger partial charge on any atom is 0.326 e. The lowest BCUT2D eigenvalue weighted by molar-refractivity contribution is -0.152. The summed E-state index contributed by atoms with van der Waals surface area (Å²) < 4.78 is 5.23. The SMILES string of the molecule is O=C(O)C1CCCCCCN1C(=O)C1CCOC1. The molecule has 0 saturated carbocycles. The molecule has 0 spiro atoms. The number of rotatable bonds is 2. The molecular formula is C13H21NO4. The van der Waals surface area contributed by atoms with Gasteiger partial charge in [-0.1, -0.05) is 19.3 Å². The van der Waals surface area contributed by atoms with E-state index in [1.54, 1.807) is 4.90 Å². The Balaban J connectivity index is 2.07. The van der Waals surface area contributed by atoms with Crippen LogP contribution in [-0.2, 0) is 14.3 Å². The maximum atomic E-state index is 12.4. The van der Waals surface area contributed by atoms with Crippen molar-refractivity contribution >= 4 is 11.9 Å². The summed E-state index contributed by atoms with van der Waals surface area (Å²) in [6.45, 7) is 1.63. The van der Waals surface area contributed by atoms with Crippen LogP contribution < -0.4 is 0 Å². The summed E-state index contributed by atoms with van der Waals surface area (Å²) in [5.74, 6) is -1.03. The minimum absolute atomic E-state index is 0.0261. The quantitative estimate of drug-likeness (QED) is 0.807. The van der Waals surface area contributed by atoms with Crippen molar-refractivity contribution in [2.45, 2.75) is 44.6 Å². The molecule has 18 heavy (non-hydrogen) atoms. The van der Waals surface area contributed by atoms with Gasteiger partial charge < -0.3 is 14.7 Å². The van der Waals surface area contributed by atoms with E-state index in [1.165, 1.54) is 0 Å². The van der Waals surface area contributed by atoms with Crippen molar-refractivity contribution in [2.75, 3.05) is 19.8 Å². The molecule has 5 nitrogen and oxygen atoms in total. The fourth-order valence-electron chi connectivity index (χ4n) is 2.77. The van der Waals surface area contributed by atoms with E-state index in [4.69, 9.17) is 4.74 Å². The smallest absolute Gasteiger partial charge is 0.326 e. The second-order valence-electron chi connectivity index (χ2n) is 5.15. The molecular weight excluding hydrogens is 234 g/mol. The van der Waals surface area contributed by atoms with E-state index in [0.717, 1.165) is 32.1 Å². The summed E-state index contributed by atoms with van der Waals surface area (Å²) in [5, 5.41) is 9.29. The molecule has 0 bridgehead atoms. The van der Waals surface area contributed by atoms with Crippen LogP contribution in [0.3, 0.4) is 0 Å². The van der Waals surface area contributed by atoms with Crippen molar-refractivity contribution in [3.8, 4) is 0 Å². The van der Waals surface area contributed by atoms with E-state index in [0.29, 0.717) is 26.2 Å². The molecule has 2 heterocycles. The fourth-order valence-corrected chi connectivity index (χ4v) is 2.77. The third-order valence-electron chi connectivity index (χ3n) is 3.85. The topological polar surface area (TPSA) is 66.8 Å². The number of hydrogen-bond acceptors (Lipinski definition) is 3. The summed E-state index contributed by atoms with van der Waals surface area (Å²) in [6.07, 6.45) is 5.25. The van der Waals surface area contributed by atoms with E-state index >= 15 is 0 Å². The number of carboxylic acids is 1. The molecule has 2 saturated heterocycles. The number of hydrogen-bond donors (Lipinski definition) is 1. The first-order valence-corrected chi connectivity index (χ1v) is 6.81. The molecule has 5 heteroatoms. The van der Waals surface area contributed by atoms with Gasteiger partial charge in [-0.3, -0.25) is 4.79 Å². The predicted octanol–water partition coefficient (Wildman–Crippen LogP) is 1.27. The summed E-state index contributed by atoms with van der Waals surface area (Å²) >= 11 is 0. The molecule has 2 fully saturated rings. The number of carbonyl (C=O) groups is 2. The Kier molecular flexibility index (Phi) is 4.58. The number of nitrogens with zero attached hydrogens (tertiary/aromatic N) is 1. The van der Waals surface area contributed by atoms with E-state index in [-0.39, 0.29) is 11.8 Å². The molecule has 102 valence electrons. The number of aliphatic carboxylic acids is 1. The van der Waals surface area contributed by atoms with Gasteiger partial charge in [-0.15, -0.1) is 0 Å². The van der Waals surface area contributed by atoms with Crippen LogP contribution in [0, 0.1) is 5.92 Å². The number of ether oxygens (including phenoxy) is 1. The van der Waals surface area contributed by atoms with Crippen LogP contribution in [0.5, 0.6) is 0 Å². The van der Waals surface area contributed by atoms with Crippen molar-refractivity contribution < 1.29 is 19.4 Å². The number of likely N-dealkylation sites (tertiary alicyclic amines) is 1. The van der Waals surface area contributed by atoms with Gasteiger partial charge >= 0.3 is 5.97 Å². The fraction of sp³-hybridized carbons (Fsp3) is 0.846. The highest BCUT2D eigenvalue weighted by Gasteiger charge is 2.35. The predicted molar refractivity (Wildman–Crippen MR) is 65.1 cm³/mol. The number of amides is 1. The van der Waals surface area contributed by atoms with Crippen LogP contribution in [0.25, 0.3) is 0 Å². The van der Waals surface area contributed by atoms with Gasteiger partial charge in [0.2, 0.25) is 5.91 Å². The number of carboxylic acid groups (broad SMARTS) is 1. The Labute approximate surface area is 107 Å². The molecule has 1 N–H and O–H groups in total. The van der Waals surface area contributed by atoms with Gasteiger partial charge in [0.05, 0.1) is 12.5 Å². The summed E-state index contributed by atoms with van der Waals surface area (Å²) in [6, 6.07) is -0.640. The molecule has 2 aliphatic rings. The first kappa shape index (κ1) is 13.3. The minimum atomic E-state index is -0.871. The van der Waals surface area contributed by atoms with Crippen LogP contribution in [0.15, 0.2) is 0 Å². The van der Waals surface area contributed by atoms with Crippen molar-refractivity contribution in [2.24, 2.45) is 5.92 Å². The van der Waals surface area contributed by atoms with Crippen LogP contribution in [0.1, 0.15) is 38.5 Å². The largest absolute Gasteiger partial charge is 0.480 e. The second-order valence-corrected chi connectivity index (χ2v) is 5.15. The van der Waals surface area contributed by atoms with Crippen molar-refractivity contribution in [1.29, 1.82) is 0 Å². The van der Waals surface area contributed by atoms with E-state index in [9.17, 15) is 14.7 Å². The summed E-state index contributed by atoms with van der Waals surface area (Å²) in [4.78, 5) is 25.3. The van der Waals surface area contributed by atoms with Crippen LogP contribution in [0.2, 0.25) is 0 Å². The Morgan fingerprint density at radius 1 is 1.11 bits per heavy atom. The van der Waals surface area contributed by atoms with Crippen LogP contribution >= 0.6 is 0 Å². The van der Waals surface area contributed by atoms with E-state index < -0.39 is 12.0 Å². The van der Waals surface area contributed by atoms with E-state index in [2.05, 4.69) is 0 Å². The van der Waals surface area contributed by atoms with Gasteiger partial charge in [0.15, 0.2) is 0 Å². The average Bonchev–Trinajstić information content (AvgIpc) is 2.80. The molecule has 2 atom stereocenters. The molecule has 2 rings (SSSR count). The van der Waals surface area contributed by atoms with E-state index in [1.807, 2.05) is 0 Å². The standard InChI is InChI=1S/C13H21NO4/c15-12(10-6-8-18-9-10)14-7-4-2-1-3-5-11(14)13(16)17/h10-11H,1-9H2,(H,16,17). The monoisotopic (exact) mass is 255 g/mol. The molecule has 0 aromatic rings. The maximum absolute atomic E-state index is 12.4. The first-order valence-electron chi connectivity index (χ1n) is 6.81. The molecule has 0 aromatic carbocycles. The minimum Gasteiger partial charge on any atom is -0.480 e. The number of carbonyl (C=O) groups excluding carboxylic acids is 1. The third kappa shape index (κ3) is 3.02. The normalized spacial score (nSPS) is 29.7. The molecule has 1 amide bonds. The second kappa shape index (κ2) is 6.18. The van der Waals surface area contributed by atoms with Gasteiger partial charge in [0.1, 0.15) is 6.04 Å². The third-order valence-corrected chi connectivity index (χ3v) is 3.85. The Morgan fingerprint density at radius 2 is 1.89 bits per heavy atom. The van der Waals surface area contributed by atoms with Crippen LogP contribution in [-0.4, -0.2) is 47.7 Å². The molecule has 2 aliphatic heterocycles. The van der Waals surface area contributed by atoms with Gasteiger partial charge in [-0.05, 0) is 19.3 Å². The van der Waals surface area contributed by atoms with Crippen molar-refractivity contribution in [3.63, 3.8) is 0 Å². The summed E-state index contributed by atoms with van der Waals surface area (Å²) in [7, 11) is 0. The van der Waals surface area contributed by atoms with Gasteiger partial charge in [0.25, 0.3) is 0 Å². The highest BCUT2D eigenvalue weighted by atomic mass is 16.5. The van der Waals surface area contributed by atoms with Crippen molar-refractivity contribution in [3.05, 3.63) is 0 Å². The zero-order chi connectivity index (χ0) is 13.0. The zero-order valence-electron chi connectivity index (χ0n) is 10.6. The summed E-state index contributed by atoms with van der Waals surface area (Å²) in [5.41, 5.74) is 0. The average molecular weight is 255 g/mol. The first-order chi connectivity index (χ1) is 8.70. The Hall–Kier alpha value is -1.10. The molecule has 0 aliphatic carbocycles. The lowest BCUT2D eigenvalue weighted by atomic mass is 9.99. The van der Waals surface area contributed by atoms with Gasteiger partial charge in [-0.25, -0.2) is 4.79 Å². The zero-order valence-corrected chi connectivity index (χ0v) is 10.6. The van der Waals surface area contributed by atoms with Crippen molar-refractivity contribution in [1.82, 2.24) is 4.90 Å².